The Kier molecular flexibility index (Phi) is 4.75. The number of nitrogens with one attached hydrogen (secondary N) is 1. The lowest BCUT2D eigenvalue weighted by atomic mass is 9.71. The first-order valence-corrected chi connectivity index (χ1v) is 10.8. The molecule has 2 aliphatic heterocycles. The summed E-state index contributed by atoms with van der Waals surface area (Å²) in [5.74, 6) is -1.82. The van der Waals surface area contributed by atoms with Crippen LogP contribution >= 0.6 is 15.9 Å². The van der Waals surface area contributed by atoms with E-state index in [1.54, 1.807) is 36.5 Å². The molecule has 0 radical (unpaired) electrons. The van der Waals surface area contributed by atoms with E-state index in [4.69, 9.17) is 0 Å². The van der Waals surface area contributed by atoms with E-state index in [-0.39, 0.29) is 23.4 Å². The molecule has 1 aromatic heterocycles. The zero-order valence-corrected chi connectivity index (χ0v) is 18.3. The summed E-state index contributed by atoms with van der Waals surface area (Å²) in [6, 6.07) is 17.0. The zero-order valence-electron chi connectivity index (χ0n) is 16.7. The lowest BCUT2D eigenvalue weighted by molar-refractivity contribution is -0.126. The van der Waals surface area contributed by atoms with Crippen molar-refractivity contribution >= 4 is 33.3 Å². The summed E-state index contributed by atoms with van der Waals surface area (Å²) in [4.78, 5) is 33.7. The zero-order chi connectivity index (χ0) is 21.8. The number of halogens is 2. The van der Waals surface area contributed by atoms with Gasteiger partial charge in [0.15, 0.2) is 5.78 Å². The second kappa shape index (κ2) is 7.35. The molecule has 1 saturated heterocycles. The standard InChI is InChI=1S/C24H19BrFN3O2/c1-29-13-17(14-5-8-16(26)9-6-14)21(22(30)20-4-2-3-11-27-20)24(29)18-12-15(25)7-10-19(18)28-23(24)31/h2-12,17,21H,13H2,1H3,(H,28,31)/t17-,21-,24-/m1/s1. The Balaban J connectivity index is 1.74. The highest BCUT2D eigenvalue weighted by molar-refractivity contribution is 9.10. The van der Waals surface area contributed by atoms with Gasteiger partial charge in [0.25, 0.3) is 0 Å². The Morgan fingerprint density at radius 2 is 1.97 bits per heavy atom. The van der Waals surface area contributed by atoms with Gasteiger partial charge in [-0.25, -0.2) is 4.39 Å². The van der Waals surface area contributed by atoms with Crippen molar-refractivity contribution in [2.45, 2.75) is 11.5 Å². The van der Waals surface area contributed by atoms with Crippen molar-refractivity contribution in [3.63, 3.8) is 0 Å². The molecule has 5 nitrogen and oxygen atoms in total. The smallest absolute Gasteiger partial charge is 0.250 e. The number of likely N-dealkylation sites (N-methyl/N-ethyl adjacent to an activating group) is 1. The number of likely N-dealkylation sites (tertiary alicyclic amines) is 1. The fourth-order valence-electron chi connectivity index (χ4n) is 5.09. The molecule has 7 heteroatoms. The quantitative estimate of drug-likeness (QED) is 0.566. The van der Waals surface area contributed by atoms with Gasteiger partial charge in [-0.15, -0.1) is 0 Å². The van der Waals surface area contributed by atoms with E-state index >= 15 is 0 Å². The van der Waals surface area contributed by atoms with Gasteiger partial charge in [0, 0.05) is 34.4 Å². The van der Waals surface area contributed by atoms with E-state index in [9.17, 15) is 14.0 Å². The molecule has 5 rings (SSSR count). The number of hydrogen-bond donors (Lipinski definition) is 1. The molecule has 1 N–H and O–H groups in total. The van der Waals surface area contributed by atoms with Crippen molar-refractivity contribution in [2.24, 2.45) is 5.92 Å². The first-order chi connectivity index (χ1) is 14.9. The second-order valence-corrected chi connectivity index (χ2v) is 8.92. The molecule has 2 aromatic carbocycles. The highest BCUT2D eigenvalue weighted by Crippen LogP contribution is 2.55. The number of fused-ring (bicyclic) bond motifs is 2. The van der Waals surface area contributed by atoms with Crippen LogP contribution in [0.5, 0.6) is 0 Å². The van der Waals surface area contributed by atoms with Crippen LogP contribution < -0.4 is 5.32 Å². The summed E-state index contributed by atoms with van der Waals surface area (Å²) >= 11 is 3.51. The molecule has 3 atom stereocenters. The van der Waals surface area contributed by atoms with Gasteiger partial charge in [-0.2, -0.15) is 0 Å². The Labute approximate surface area is 187 Å². The van der Waals surface area contributed by atoms with Gasteiger partial charge < -0.3 is 5.32 Å². The van der Waals surface area contributed by atoms with Crippen molar-refractivity contribution < 1.29 is 14.0 Å². The summed E-state index contributed by atoms with van der Waals surface area (Å²) < 4.78 is 14.4. The first kappa shape index (κ1) is 20.0. The van der Waals surface area contributed by atoms with E-state index < -0.39 is 11.5 Å². The van der Waals surface area contributed by atoms with Crippen LogP contribution in [-0.2, 0) is 10.3 Å². The van der Waals surface area contributed by atoms with Crippen LogP contribution in [0.2, 0.25) is 0 Å². The largest absolute Gasteiger partial charge is 0.324 e. The molecule has 3 heterocycles. The van der Waals surface area contributed by atoms with Crippen molar-refractivity contribution in [1.82, 2.24) is 9.88 Å². The number of amides is 1. The van der Waals surface area contributed by atoms with E-state index in [0.29, 0.717) is 17.9 Å². The summed E-state index contributed by atoms with van der Waals surface area (Å²) in [7, 11) is 1.86. The maximum Gasteiger partial charge on any atom is 0.250 e. The number of carbonyl (C=O) groups is 2. The summed E-state index contributed by atoms with van der Waals surface area (Å²) in [6.45, 7) is 0.467. The fraction of sp³-hybridized carbons (Fsp3) is 0.208. The number of carbonyl (C=O) groups excluding carboxylic acids is 2. The molecule has 0 unspecified atom stereocenters. The molecule has 0 bridgehead atoms. The molecule has 3 aromatic rings. The van der Waals surface area contributed by atoms with Crippen molar-refractivity contribution in [1.29, 1.82) is 0 Å². The summed E-state index contributed by atoms with van der Waals surface area (Å²) in [6.07, 6.45) is 1.57. The third kappa shape index (κ3) is 2.95. The van der Waals surface area contributed by atoms with Crippen molar-refractivity contribution in [3.8, 4) is 0 Å². The van der Waals surface area contributed by atoms with Gasteiger partial charge in [0.1, 0.15) is 17.1 Å². The minimum Gasteiger partial charge on any atom is -0.324 e. The average molecular weight is 480 g/mol. The van der Waals surface area contributed by atoms with Gasteiger partial charge in [-0.1, -0.05) is 34.1 Å². The van der Waals surface area contributed by atoms with E-state index in [1.165, 1.54) is 12.1 Å². The SMILES string of the molecule is CN1C[C@H](c2ccc(F)cc2)[C@H](C(=O)c2ccccn2)[C@]12C(=O)Nc1ccc(Br)cc12. The molecule has 31 heavy (non-hydrogen) atoms. The molecule has 1 amide bonds. The monoisotopic (exact) mass is 479 g/mol. The molecule has 1 spiro atoms. The van der Waals surface area contributed by atoms with Crippen LogP contribution in [0, 0.1) is 11.7 Å². The number of rotatable bonds is 3. The second-order valence-electron chi connectivity index (χ2n) is 8.01. The third-order valence-electron chi connectivity index (χ3n) is 6.41. The highest BCUT2D eigenvalue weighted by Gasteiger charge is 2.64. The van der Waals surface area contributed by atoms with Crippen molar-refractivity contribution in [3.05, 3.63) is 94.0 Å². The molecular formula is C24H19BrFN3O2. The highest BCUT2D eigenvalue weighted by atomic mass is 79.9. The predicted molar refractivity (Wildman–Crippen MR) is 118 cm³/mol. The maximum absolute atomic E-state index is 13.9. The van der Waals surface area contributed by atoms with E-state index in [0.717, 1.165) is 15.6 Å². The van der Waals surface area contributed by atoms with E-state index in [2.05, 4.69) is 26.2 Å². The Hall–Kier alpha value is -2.90. The number of aromatic nitrogens is 1. The lowest BCUT2D eigenvalue weighted by Crippen LogP contribution is -2.51. The number of ketones is 1. The number of pyridine rings is 1. The Morgan fingerprint density at radius 3 is 2.68 bits per heavy atom. The van der Waals surface area contributed by atoms with Gasteiger partial charge >= 0.3 is 0 Å². The van der Waals surface area contributed by atoms with Crippen LogP contribution in [-0.4, -0.2) is 35.2 Å². The molecule has 2 aliphatic rings. The van der Waals surface area contributed by atoms with Gasteiger partial charge in [0.2, 0.25) is 5.91 Å². The van der Waals surface area contributed by atoms with Crippen LogP contribution in [0.1, 0.15) is 27.5 Å². The minimum atomic E-state index is -1.19. The first-order valence-electron chi connectivity index (χ1n) is 9.96. The number of hydrogen-bond acceptors (Lipinski definition) is 4. The van der Waals surface area contributed by atoms with Crippen LogP contribution in [0.4, 0.5) is 10.1 Å². The summed E-state index contributed by atoms with van der Waals surface area (Å²) in [5, 5.41) is 2.97. The molecule has 0 saturated carbocycles. The normalized spacial score (nSPS) is 24.9. The lowest BCUT2D eigenvalue weighted by Gasteiger charge is -2.35. The molecule has 1 fully saturated rings. The van der Waals surface area contributed by atoms with Gasteiger partial charge in [-0.3, -0.25) is 19.5 Å². The number of Topliss-reactive ketones (excluding diaryl/α,β-unsaturated/α-hetero) is 1. The fourth-order valence-corrected chi connectivity index (χ4v) is 5.45. The third-order valence-corrected chi connectivity index (χ3v) is 6.90. The van der Waals surface area contributed by atoms with Gasteiger partial charge in [-0.05, 0) is 55.1 Å². The molecular weight excluding hydrogens is 461 g/mol. The van der Waals surface area contributed by atoms with Crippen molar-refractivity contribution in [2.75, 3.05) is 18.9 Å². The van der Waals surface area contributed by atoms with Crippen LogP contribution in [0.25, 0.3) is 0 Å². The number of nitrogens with zero attached hydrogens (tertiary/aromatic N) is 2. The number of anilines is 1. The average Bonchev–Trinajstić information content (AvgIpc) is 3.24. The molecule has 0 aliphatic carbocycles. The number of benzene rings is 2. The van der Waals surface area contributed by atoms with E-state index in [1.807, 2.05) is 30.1 Å². The molecule has 156 valence electrons. The van der Waals surface area contributed by atoms with Gasteiger partial charge in [0.05, 0.1) is 5.92 Å². The maximum atomic E-state index is 13.9. The topological polar surface area (TPSA) is 62.3 Å². The van der Waals surface area contributed by atoms with Crippen LogP contribution in [0.15, 0.2) is 71.3 Å². The predicted octanol–water partition coefficient (Wildman–Crippen LogP) is 4.36. The Morgan fingerprint density at radius 1 is 1.19 bits per heavy atom. The summed E-state index contributed by atoms with van der Waals surface area (Å²) in [5.41, 5.74) is 1.39. The van der Waals surface area contributed by atoms with Crippen LogP contribution in [0.3, 0.4) is 0 Å². The Bertz CT molecular complexity index is 1190. The minimum absolute atomic E-state index is 0.206.